The van der Waals surface area contributed by atoms with Gasteiger partial charge in [0.1, 0.15) is 5.54 Å². The number of carbonyl (C=O) groups is 1. The number of aromatic nitrogens is 2. The van der Waals surface area contributed by atoms with Crippen molar-refractivity contribution in [3.05, 3.63) is 42.2 Å². The summed E-state index contributed by atoms with van der Waals surface area (Å²) in [5, 5.41) is 17.6. The number of nitrogens with one attached hydrogen (secondary N) is 1. The van der Waals surface area contributed by atoms with Crippen LogP contribution in [0.1, 0.15) is 18.4 Å². The van der Waals surface area contributed by atoms with Gasteiger partial charge in [0.15, 0.2) is 11.5 Å². The highest BCUT2D eigenvalue weighted by atomic mass is 35.5. The Balaban J connectivity index is 0.00000243. The molecule has 1 saturated heterocycles. The molecule has 0 radical (unpaired) electrons. The van der Waals surface area contributed by atoms with Crippen LogP contribution in [0.25, 0.3) is 0 Å². The van der Waals surface area contributed by atoms with Gasteiger partial charge in [-0.15, -0.1) is 12.4 Å². The number of halogens is 1. The summed E-state index contributed by atoms with van der Waals surface area (Å²) in [7, 11) is 3.30. The fraction of sp³-hybridized carbons (Fsp3) is 0.444. The maximum absolute atomic E-state index is 13.3. The predicted octanol–water partition coefficient (Wildman–Crippen LogP) is 1.76. The van der Waals surface area contributed by atoms with Gasteiger partial charge in [0.2, 0.25) is 0 Å². The van der Waals surface area contributed by atoms with E-state index in [1.54, 1.807) is 35.0 Å². The van der Waals surface area contributed by atoms with Gasteiger partial charge >= 0.3 is 0 Å². The molecule has 26 heavy (non-hydrogen) atoms. The molecule has 1 fully saturated rings. The zero-order valence-electron chi connectivity index (χ0n) is 15.0. The number of hydrogen-bond acceptors (Lipinski definition) is 5. The van der Waals surface area contributed by atoms with E-state index in [4.69, 9.17) is 4.74 Å². The highest BCUT2D eigenvalue weighted by molar-refractivity contribution is 5.85. The van der Waals surface area contributed by atoms with Crippen LogP contribution in [0.5, 0.6) is 11.5 Å². The molecule has 1 aromatic carbocycles. The lowest BCUT2D eigenvalue weighted by Crippen LogP contribution is -2.54. The molecule has 1 aliphatic rings. The van der Waals surface area contributed by atoms with Gasteiger partial charge in [-0.25, -0.2) is 0 Å². The molecule has 7 nitrogen and oxygen atoms in total. The Bertz CT molecular complexity index is 730. The Hall–Kier alpha value is -2.25. The number of phenolic OH excluding ortho intramolecular Hbond substituents is 1. The molecule has 0 spiro atoms. The first-order valence-corrected chi connectivity index (χ1v) is 8.39. The van der Waals surface area contributed by atoms with Gasteiger partial charge in [-0.05, 0) is 49.7 Å². The van der Waals surface area contributed by atoms with E-state index in [0.29, 0.717) is 25.1 Å². The van der Waals surface area contributed by atoms with Crippen LogP contribution < -0.4 is 10.1 Å². The number of amides is 1. The number of nitrogens with zero attached hydrogens (tertiary/aromatic N) is 3. The van der Waals surface area contributed by atoms with Crippen molar-refractivity contribution in [3.8, 4) is 11.5 Å². The van der Waals surface area contributed by atoms with Gasteiger partial charge in [-0.1, -0.05) is 6.07 Å². The number of carbonyl (C=O) groups excluding carboxylic acids is 1. The summed E-state index contributed by atoms with van der Waals surface area (Å²) in [6, 6.07) is 7.03. The standard InChI is InChI=1S/C18H24N4O3.ClH/c1-21(13-14-4-5-16(25-2)15(23)12-14)17(24)18(6-9-19-10-7-18)22-11-3-8-20-22;/h3-5,8,11-12,19,23H,6-7,9-10,13H2,1-2H3;1H. The molecule has 0 saturated carbocycles. The van der Waals surface area contributed by atoms with E-state index in [0.717, 1.165) is 18.7 Å². The van der Waals surface area contributed by atoms with Gasteiger partial charge in [-0.3, -0.25) is 9.48 Å². The Morgan fingerprint density at radius 2 is 2.15 bits per heavy atom. The first kappa shape index (κ1) is 20.1. The van der Waals surface area contributed by atoms with Crippen LogP contribution in [0.3, 0.4) is 0 Å². The van der Waals surface area contributed by atoms with Gasteiger partial charge < -0.3 is 20.1 Å². The van der Waals surface area contributed by atoms with Gasteiger partial charge in [-0.2, -0.15) is 5.10 Å². The predicted molar refractivity (Wildman–Crippen MR) is 101 cm³/mol. The summed E-state index contributed by atoms with van der Waals surface area (Å²) >= 11 is 0. The molecule has 1 amide bonds. The molecule has 0 unspecified atom stereocenters. The lowest BCUT2D eigenvalue weighted by molar-refractivity contribution is -0.142. The van der Waals surface area contributed by atoms with Crippen LogP contribution in [-0.2, 0) is 16.9 Å². The van der Waals surface area contributed by atoms with Crippen molar-refractivity contribution in [3.63, 3.8) is 0 Å². The second-order valence-electron chi connectivity index (χ2n) is 6.40. The van der Waals surface area contributed by atoms with Crippen molar-refractivity contribution >= 4 is 18.3 Å². The molecule has 2 heterocycles. The molecule has 0 atom stereocenters. The molecular formula is C18H25ClN4O3. The first-order chi connectivity index (χ1) is 12.1. The number of ether oxygens (including phenoxy) is 1. The number of piperidine rings is 1. The van der Waals surface area contributed by atoms with Crippen LogP contribution in [0, 0.1) is 0 Å². The molecular weight excluding hydrogens is 356 g/mol. The Morgan fingerprint density at radius 1 is 1.42 bits per heavy atom. The summed E-state index contributed by atoms with van der Waals surface area (Å²) in [5.74, 6) is 0.529. The quantitative estimate of drug-likeness (QED) is 0.826. The molecule has 0 bridgehead atoms. The number of phenols is 1. The number of likely N-dealkylation sites (N-methyl/N-ethyl adjacent to an activating group) is 1. The van der Waals surface area contributed by atoms with E-state index in [-0.39, 0.29) is 24.1 Å². The third kappa shape index (κ3) is 3.78. The van der Waals surface area contributed by atoms with E-state index in [9.17, 15) is 9.90 Å². The van der Waals surface area contributed by atoms with Gasteiger partial charge in [0, 0.05) is 26.0 Å². The zero-order valence-corrected chi connectivity index (χ0v) is 15.8. The number of aromatic hydroxyl groups is 1. The number of rotatable bonds is 5. The third-order valence-corrected chi connectivity index (χ3v) is 4.78. The molecule has 142 valence electrons. The Labute approximate surface area is 159 Å². The third-order valence-electron chi connectivity index (χ3n) is 4.78. The maximum Gasteiger partial charge on any atom is 0.250 e. The summed E-state index contributed by atoms with van der Waals surface area (Å²) < 4.78 is 6.85. The van der Waals surface area contributed by atoms with E-state index in [1.807, 2.05) is 18.3 Å². The second kappa shape index (κ2) is 8.42. The molecule has 3 rings (SSSR count). The largest absolute Gasteiger partial charge is 0.504 e. The van der Waals surface area contributed by atoms with Crippen LogP contribution in [0.15, 0.2) is 36.7 Å². The number of hydrogen-bond donors (Lipinski definition) is 2. The number of benzene rings is 1. The monoisotopic (exact) mass is 380 g/mol. The minimum Gasteiger partial charge on any atom is -0.504 e. The summed E-state index contributed by atoms with van der Waals surface area (Å²) in [6.45, 7) is 1.97. The van der Waals surface area contributed by atoms with Crippen molar-refractivity contribution < 1.29 is 14.6 Å². The van der Waals surface area contributed by atoms with E-state index < -0.39 is 5.54 Å². The van der Waals surface area contributed by atoms with Crippen molar-refractivity contribution in [2.45, 2.75) is 24.9 Å². The van der Waals surface area contributed by atoms with Crippen LogP contribution in [-0.4, -0.2) is 52.9 Å². The Kier molecular flexibility index (Phi) is 6.50. The van der Waals surface area contributed by atoms with Crippen LogP contribution in [0.4, 0.5) is 0 Å². The summed E-state index contributed by atoms with van der Waals surface area (Å²) in [6.07, 6.45) is 4.96. The van der Waals surface area contributed by atoms with E-state index in [1.165, 1.54) is 7.11 Å². The van der Waals surface area contributed by atoms with E-state index in [2.05, 4.69) is 10.4 Å². The molecule has 1 aliphatic heterocycles. The van der Waals surface area contributed by atoms with Gasteiger partial charge in [0.05, 0.1) is 7.11 Å². The lowest BCUT2D eigenvalue weighted by atomic mass is 9.86. The van der Waals surface area contributed by atoms with Crippen LogP contribution in [0.2, 0.25) is 0 Å². The highest BCUT2D eigenvalue weighted by Crippen LogP contribution is 2.31. The lowest BCUT2D eigenvalue weighted by Gasteiger charge is -2.39. The Morgan fingerprint density at radius 3 is 2.73 bits per heavy atom. The fourth-order valence-electron chi connectivity index (χ4n) is 3.44. The topological polar surface area (TPSA) is 79.6 Å². The van der Waals surface area contributed by atoms with Crippen molar-refractivity contribution in [1.82, 2.24) is 20.0 Å². The minimum atomic E-state index is -0.655. The first-order valence-electron chi connectivity index (χ1n) is 8.39. The molecule has 2 N–H and O–H groups in total. The zero-order chi connectivity index (χ0) is 17.9. The van der Waals surface area contributed by atoms with Crippen molar-refractivity contribution in [1.29, 1.82) is 0 Å². The SMILES string of the molecule is COc1ccc(CN(C)C(=O)C2(n3cccn3)CCNCC2)cc1O.Cl. The molecule has 8 heteroatoms. The van der Waals surface area contributed by atoms with E-state index >= 15 is 0 Å². The van der Waals surface area contributed by atoms with Crippen molar-refractivity contribution in [2.75, 3.05) is 27.2 Å². The molecule has 1 aromatic heterocycles. The summed E-state index contributed by atoms with van der Waals surface area (Å²) in [5.41, 5.74) is 0.191. The average Bonchev–Trinajstić information content (AvgIpc) is 3.17. The van der Waals surface area contributed by atoms with Gasteiger partial charge in [0.25, 0.3) is 5.91 Å². The maximum atomic E-state index is 13.3. The smallest absolute Gasteiger partial charge is 0.250 e. The summed E-state index contributed by atoms with van der Waals surface area (Å²) in [4.78, 5) is 15.0. The average molecular weight is 381 g/mol. The minimum absolute atomic E-state index is 0. The molecule has 0 aliphatic carbocycles. The molecule has 2 aromatic rings. The second-order valence-corrected chi connectivity index (χ2v) is 6.40. The van der Waals surface area contributed by atoms with Crippen LogP contribution >= 0.6 is 12.4 Å². The fourth-order valence-corrected chi connectivity index (χ4v) is 3.44. The highest BCUT2D eigenvalue weighted by Gasteiger charge is 2.43. The van der Waals surface area contributed by atoms with Crippen molar-refractivity contribution in [2.24, 2.45) is 0 Å². The normalized spacial score (nSPS) is 15.8. The number of methoxy groups -OCH3 is 1.